The number of rotatable bonds is 2. The molecule has 1 radical (unpaired) electrons. The molecule has 0 aliphatic carbocycles. The first-order valence-corrected chi connectivity index (χ1v) is 2.61. The first kappa shape index (κ1) is 5.44. The molecule has 8 heavy (non-hydrogen) atoms. The smallest absolute Gasteiger partial charge is 0.129 e. The molecule has 1 heterocycles. The first-order chi connectivity index (χ1) is 3.93. The average Bonchev–Trinajstić information content (AvgIpc) is 2.19. The lowest BCUT2D eigenvalue weighted by atomic mass is 10.3. The summed E-state index contributed by atoms with van der Waals surface area (Å²) in [6.45, 7) is 1.00. The van der Waals surface area contributed by atoms with E-state index >= 15 is 0 Å². The molecule has 0 amide bonds. The maximum atomic E-state index is 6.82. The standard InChI is InChI=1S/C5H8N3/c6-2-1-5-3-7-4-8-5/h3,6H,1-2,4H2. The summed E-state index contributed by atoms with van der Waals surface area (Å²) in [6, 6.07) is 0. The van der Waals surface area contributed by atoms with Gasteiger partial charge in [-0.2, -0.15) is 0 Å². The zero-order valence-corrected chi connectivity index (χ0v) is 4.59. The Labute approximate surface area is 48.3 Å². The Morgan fingerprint density at radius 3 is 3.12 bits per heavy atom. The summed E-state index contributed by atoms with van der Waals surface area (Å²) in [7, 11) is 0. The summed E-state index contributed by atoms with van der Waals surface area (Å²) in [5, 5.41) is 0. The summed E-state index contributed by atoms with van der Waals surface area (Å²) >= 11 is 0. The van der Waals surface area contributed by atoms with Crippen molar-refractivity contribution in [2.75, 3.05) is 13.2 Å². The largest absolute Gasteiger partial charge is 0.268 e. The maximum Gasteiger partial charge on any atom is 0.129 e. The molecule has 0 saturated carbocycles. The van der Waals surface area contributed by atoms with E-state index in [1.165, 1.54) is 0 Å². The van der Waals surface area contributed by atoms with Gasteiger partial charge in [-0.1, -0.05) is 0 Å². The van der Waals surface area contributed by atoms with Crippen molar-refractivity contribution in [3.63, 3.8) is 0 Å². The fraction of sp³-hybridized carbons (Fsp3) is 0.600. The summed E-state index contributed by atoms with van der Waals surface area (Å²) in [5.41, 5.74) is 7.80. The lowest BCUT2D eigenvalue weighted by molar-refractivity contribution is 1.00. The number of nitrogens with one attached hydrogen (secondary N) is 1. The molecule has 0 bridgehead atoms. The van der Waals surface area contributed by atoms with Crippen molar-refractivity contribution in [2.45, 2.75) is 6.42 Å². The molecule has 0 aromatic rings. The fourth-order valence-corrected chi connectivity index (χ4v) is 0.590. The molecule has 43 valence electrons. The van der Waals surface area contributed by atoms with Gasteiger partial charge in [0.25, 0.3) is 0 Å². The second kappa shape index (κ2) is 2.57. The monoisotopic (exact) mass is 110 g/mol. The Bertz CT molecular complexity index is 126. The van der Waals surface area contributed by atoms with Gasteiger partial charge in [0.05, 0.1) is 5.71 Å². The van der Waals surface area contributed by atoms with E-state index in [9.17, 15) is 0 Å². The van der Waals surface area contributed by atoms with Crippen LogP contribution in [0.1, 0.15) is 6.42 Å². The van der Waals surface area contributed by atoms with Crippen molar-refractivity contribution in [2.24, 2.45) is 9.98 Å². The summed E-state index contributed by atoms with van der Waals surface area (Å²) in [4.78, 5) is 7.87. The molecular formula is C5H8N3. The molecule has 0 saturated heterocycles. The highest BCUT2D eigenvalue weighted by atomic mass is 15.0. The molecule has 1 aliphatic rings. The Kier molecular flexibility index (Phi) is 1.75. The zero-order valence-electron chi connectivity index (χ0n) is 4.59. The molecule has 0 aromatic heterocycles. The van der Waals surface area contributed by atoms with Crippen molar-refractivity contribution in [1.29, 1.82) is 0 Å². The lowest BCUT2D eigenvalue weighted by Crippen LogP contribution is -1.99. The summed E-state index contributed by atoms with van der Waals surface area (Å²) < 4.78 is 0. The lowest BCUT2D eigenvalue weighted by Gasteiger charge is -1.86. The summed E-state index contributed by atoms with van der Waals surface area (Å²) in [5.74, 6) is 0. The van der Waals surface area contributed by atoms with E-state index in [-0.39, 0.29) is 0 Å². The minimum atomic E-state index is 0.421. The number of hydrogen-bond acceptors (Lipinski definition) is 2. The Morgan fingerprint density at radius 1 is 1.75 bits per heavy atom. The molecular weight excluding hydrogens is 102 g/mol. The normalized spacial score (nSPS) is 16.9. The molecule has 3 heteroatoms. The van der Waals surface area contributed by atoms with Crippen LogP contribution in [0, 0.1) is 0 Å². The molecule has 1 aliphatic heterocycles. The highest BCUT2D eigenvalue weighted by molar-refractivity contribution is 6.31. The van der Waals surface area contributed by atoms with Gasteiger partial charge in [-0.15, -0.1) is 0 Å². The van der Waals surface area contributed by atoms with Crippen molar-refractivity contribution in [3.8, 4) is 0 Å². The average molecular weight is 110 g/mol. The SMILES string of the molecule is [NH]CCC1=NCN=C1. The highest BCUT2D eigenvalue weighted by Gasteiger charge is 1.96. The van der Waals surface area contributed by atoms with Crippen LogP contribution in [0.25, 0.3) is 0 Å². The van der Waals surface area contributed by atoms with Crippen molar-refractivity contribution in [1.82, 2.24) is 5.73 Å². The second-order valence-corrected chi connectivity index (χ2v) is 1.60. The molecule has 3 nitrogen and oxygen atoms in total. The van der Waals surface area contributed by atoms with Crippen LogP contribution in [-0.4, -0.2) is 25.1 Å². The van der Waals surface area contributed by atoms with Crippen LogP contribution >= 0.6 is 0 Å². The van der Waals surface area contributed by atoms with Gasteiger partial charge in [0, 0.05) is 19.2 Å². The maximum absolute atomic E-state index is 6.82. The molecule has 0 unspecified atom stereocenters. The number of aliphatic imine (C=N–C) groups is 2. The molecule has 1 N–H and O–H groups in total. The quantitative estimate of drug-likeness (QED) is 0.485. The third-order valence-electron chi connectivity index (χ3n) is 0.977. The number of nitrogens with zero attached hydrogens (tertiary/aromatic N) is 2. The van der Waals surface area contributed by atoms with Crippen LogP contribution in [0.5, 0.6) is 0 Å². The van der Waals surface area contributed by atoms with E-state index < -0.39 is 0 Å². The van der Waals surface area contributed by atoms with Crippen molar-refractivity contribution < 1.29 is 0 Å². The molecule has 0 atom stereocenters. The van der Waals surface area contributed by atoms with Crippen molar-refractivity contribution >= 4 is 11.9 Å². The van der Waals surface area contributed by atoms with Crippen molar-refractivity contribution in [3.05, 3.63) is 0 Å². The van der Waals surface area contributed by atoms with Gasteiger partial charge in [0.15, 0.2) is 0 Å². The van der Waals surface area contributed by atoms with E-state index in [0.29, 0.717) is 13.2 Å². The Hall–Kier alpha value is -0.700. The first-order valence-electron chi connectivity index (χ1n) is 2.61. The van der Waals surface area contributed by atoms with Crippen LogP contribution in [0.4, 0.5) is 0 Å². The predicted molar refractivity (Wildman–Crippen MR) is 33.4 cm³/mol. The Balaban J connectivity index is 2.34. The predicted octanol–water partition coefficient (Wildman–Crippen LogP) is 0.142. The van der Waals surface area contributed by atoms with Gasteiger partial charge in [0.2, 0.25) is 0 Å². The third kappa shape index (κ3) is 1.13. The van der Waals surface area contributed by atoms with Gasteiger partial charge < -0.3 is 0 Å². The fourth-order valence-electron chi connectivity index (χ4n) is 0.590. The van der Waals surface area contributed by atoms with E-state index in [4.69, 9.17) is 5.73 Å². The molecule has 1 rings (SSSR count). The van der Waals surface area contributed by atoms with Gasteiger partial charge in [0.1, 0.15) is 6.67 Å². The zero-order chi connectivity index (χ0) is 5.82. The van der Waals surface area contributed by atoms with Gasteiger partial charge in [-0.25, -0.2) is 0 Å². The van der Waals surface area contributed by atoms with E-state index in [1.54, 1.807) is 6.21 Å². The Morgan fingerprint density at radius 2 is 2.62 bits per heavy atom. The topological polar surface area (TPSA) is 48.5 Å². The van der Waals surface area contributed by atoms with Crippen LogP contribution in [0.15, 0.2) is 9.98 Å². The molecule has 0 aromatic carbocycles. The second-order valence-electron chi connectivity index (χ2n) is 1.60. The summed E-state index contributed by atoms with van der Waals surface area (Å²) in [6.07, 6.45) is 2.50. The van der Waals surface area contributed by atoms with E-state index in [2.05, 4.69) is 9.98 Å². The number of hydrogen-bond donors (Lipinski definition) is 0. The molecule has 0 spiro atoms. The molecule has 0 fully saturated rings. The van der Waals surface area contributed by atoms with Gasteiger partial charge >= 0.3 is 0 Å². The van der Waals surface area contributed by atoms with Crippen LogP contribution in [0.2, 0.25) is 0 Å². The van der Waals surface area contributed by atoms with Gasteiger partial charge in [-0.05, 0) is 0 Å². The minimum Gasteiger partial charge on any atom is -0.268 e. The van der Waals surface area contributed by atoms with Gasteiger partial charge in [-0.3, -0.25) is 15.7 Å². The van der Waals surface area contributed by atoms with E-state index in [0.717, 1.165) is 12.1 Å². The van der Waals surface area contributed by atoms with Crippen LogP contribution in [-0.2, 0) is 0 Å². The minimum absolute atomic E-state index is 0.421. The van der Waals surface area contributed by atoms with Crippen LogP contribution in [0.3, 0.4) is 0 Å². The highest BCUT2D eigenvalue weighted by Crippen LogP contribution is 1.90. The van der Waals surface area contributed by atoms with E-state index in [1.807, 2.05) is 0 Å². The van der Waals surface area contributed by atoms with Crippen LogP contribution < -0.4 is 5.73 Å². The third-order valence-corrected chi connectivity index (χ3v) is 0.977.